The minimum absolute atomic E-state index is 0.0475. The molecular weight excluding hydrogens is 427 g/mol. The van der Waals surface area contributed by atoms with Gasteiger partial charge in [-0.1, -0.05) is 35.9 Å². The first-order valence-corrected chi connectivity index (χ1v) is 10.4. The van der Waals surface area contributed by atoms with Crippen molar-refractivity contribution in [3.63, 3.8) is 0 Å². The molecule has 4 atom stereocenters. The third-order valence-electron chi connectivity index (χ3n) is 5.39. The lowest BCUT2D eigenvalue weighted by molar-refractivity contribution is -0.167. The van der Waals surface area contributed by atoms with Crippen LogP contribution in [0.4, 0.5) is 4.39 Å². The molecule has 8 heteroatoms. The molecule has 1 aliphatic heterocycles. The molecule has 0 saturated carbocycles. The van der Waals surface area contributed by atoms with Gasteiger partial charge in [0.25, 0.3) is 0 Å². The quantitative estimate of drug-likeness (QED) is 0.519. The van der Waals surface area contributed by atoms with Crippen LogP contribution in [0.5, 0.6) is 0 Å². The standard InChI is InChI=1S/C23H24ClFO6/c1-27-23-22(30-12-14-6-7-17(24)20-16(14)9-11-28-20)21(19(31-23)8-10-26)29-13-15-4-2-3-5-18(15)25/h2-7,9,11,19,21-23,26H,8,10,12-13H2,1H3/t19-,21+,22-,23?/m1/s1. The van der Waals surface area contributed by atoms with Crippen molar-refractivity contribution in [2.75, 3.05) is 13.7 Å². The first-order chi connectivity index (χ1) is 15.1. The molecule has 3 aromatic rings. The van der Waals surface area contributed by atoms with E-state index in [-0.39, 0.29) is 25.6 Å². The van der Waals surface area contributed by atoms with E-state index in [4.69, 9.17) is 35.0 Å². The number of benzene rings is 2. The van der Waals surface area contributed by atoms with Crippen molar-refractivity contribution in [1.82, 2.24) is 0 Å². The van der Waals surface area contributed by atoms with Crippen molar-refractivity contribution in [3.8, 4) is 0 Å². The normalized spacial score (nSPS) is 23.6. The number of aliphatic hydroxyl groups excluding tert-OH is 1. The predicted molar refractivity (Wildman–Crippen MR) is 112 cm³/mol. The summed E-state index contributed by atoms with van der Waals surface area (Å²) < 4.78 is 43.1. The van der Waals surface area contributed by atoms with Gasteiger partial charge in [0.05, 0.1) is 30.6 Å². The van der Waals surface area contributed by atoms with Gasteiger partial charge in [0, 0.05) is 24.7 Å². The van der Waals surface area contributed by atoms with E-state index < -0.39 is 24.6 Å². The number of hydrogen-bond acceptors (Lipinski definition) is 6. The molecular formula is C23H24ClFO6. The highest BCUT2D eigenvalue weighted by atomic mass is 35.5. The van der Waals surface area contributed by atoms with E-state index in [0.717, 1.165) is 10.9 Å². The number of aliphatic hydroxyl groups is 1. The van der Waals surface area contributed by atoms with E-state index in [1.807, 2.05) is 12.1 Å². The maximum absolute atomic E-state index is 14.0. The minimum Gasteiger partial charge on any atom is -0.463 e. The van der Waals surface area contributed by atoms with E-state index in [0.29, 0.717) is 22.6 Å². The Morgan fingerprint density at radius 3 is 2.58 bits per heavy atom. The van der Waals surface area contributed by atoms with Crippen molar-refractivity contribution in [2.24, 2.45) is 0 Å². The molecule has 2 aromatic carbocycles. The van der Waals surface area contributed by atoms with E-state index in [1.54, 1.807) is 30.5 Å². The molecule has 1 fully saturated rings. The van der Waals surface area contributed by atoms with E-state index in [9.17, 15) is 9.50 Å². The van der Waals surface area contributed by atoms with E-state index in [1.165, 1.54) is 13.2 Å². The number of hydrogen-bond donors (Lipinski definition) is 1. The summed E-state index contributed by atoms with van der Waals surface area (Å²) in [5.41, 5.74) is 1.92. The number of methoxy groups -OCH3 is 1. The highest BCUT2D eigenvalue weighted by Crippen LogP contribution is 2.32. The number of rotatable bonds is 9. The zero-order chi connectivity index (χ0) is 21.8. The molecule has 0 radical (unpaired) electrons. The number of fused-ring (bicyclic) bond motifs is 1. The molecule has 2 heterocycles. The second-order valence-electron chi connectivity index (χ2n) is 7.30. The van der Waals surface area contributed by atoms with E-state index >= 15 is 0 Å². The average Bonchev–Trinajstić information content (AvgIpc) is 3.39. The Kier molecular flexibility index (Phi) is 7.22. The van der Waals surface area contributed by atoms with Gasteiger partial charge in [-0.2, -0.15) is 0 Å². The lowest BCUT2D eigenvalue weighted by atomic mass is 10.1. The lowest BCUT2D eigenvalue weighted by Gasteiger charge is -2.24. The molecule has 0 aliphatic carbocycles. The van der Waals surface area contributed by atoms with Crippen LogP contribution in [0.15, 0.2) is 53.1 Å². The topological polar surface area (TPSA) is 70.3 Å². The Morgan fingerprint density at radius 2 is 1.81 bits per heavy atom. The fraction of sp³-hybridized carbons (Fsp3) is 0.391. The molecule has 1 saturated heterocycles. The summed E-state index contributed by atoms with van der Waals surface area (Å²) >= 11 is 6.18. The van der Waals surface area contributed by atoms with Crippen molar-refractivity contribution >= 4 is 22.6 Å². The lowest BCUT2D eigenvalue weighted by Crippen LogP contribution is -2.38. The SMILES string of the molecule is COC1O[C@H](CCO)[C@H](OCc2ccccc2F)[C@H]1OCc1ccc(Cl)c2occc12. The number of furan rings is 1. The van der Waals surface area contributed by atoms with Gasteiger partial charge >= 0.3 is 0 Å². The fourth-order valence-corrected chi connectivity index (χ4v) is 4.03. The molecule has 0 amide bonds. The first kappa shape index (κ1) is 22.2. The largest absolute Gasteiger partial charge is 0.463 e. The molecule has 1 N–H and O–H groups in total. The van der Waals surface area contributed by atoms with Crippen LogP contribution < -0.4 is 0 Å². The summed E-state index contributed by atoms with van der Waals surface area (Å²) in [6.07, 6.45) is -0.349. The molecule has 1 unspecified atom stereocenters. The van der Waals surface area contributed by atoms with Gasteiger partial charge in [-0.25, -0.2) is 4.39 Å². The Morgan fingerprint density at radius 1 is 1.03 bits per heavy atom. The summed E-state index contributed by atoms with van der Waals surface area (Å²) in [5, 5.41) is 10.8. The van der Waals surface area contributed by atoms with Gasteiger partial charge in [0.2, 0.25) is 0 Å². The van der Waals surface area contributed by atoms with Gasteiger partial charge in [-0.05, 0) is 30.2 Å². The zero-order valence-electron chi connectivity index (χ0n) is 17.0. The highest BCUT2D eigenvalue weighted by molar-refractivity contribution is 6.34. The Labute approximate surface area is 184 Å². The molecule has 166 valence electrons. The zero-order valence-corrected chi connectivity index (χ0v) is 17.8. The monoisotopic (exact) mass is 450 g/mol. The van der Waals surface area contributed by atoms with E-state index in [2.05, 4.69) is 0 Å². The van der Waals surface area contributed by atoms with Gasteiger partial charge in [0.1, 0.15) is 18.0 Å². The third-order valence-corrected chi connectivity index (χ3v) is 5.69. The van der Waals surface area contributed by atoms with Gasteiger partial charge in [-0.15, -0.1) is 0 Å². The van der Waals surface area contributed by atoms with Crippen LogP contribution in [-0.4, -0.2) is 43.4 Å². The summed E-state index contributed by atoms with van der Waals surface area (Å²) in [4.78, 5) is 0. The van der Waals surface area contributed by atoms with Crippen molar-refractivity contribution in [1.29, 1.82) is 0 Å². The van der Waals surface area contributed by atoms with Crippen molar-refractivity contribution < 1.29 is 32.9 Å². The van der Waals surface area contributed by atoms with Crippen LogP contribution in [0.25, 0.3) is 11.0 Å². The Hall–Kier alpha value is -2.00. The van der Waals surface area contributed by atoms with Crippen LogP contribution in [0.2, 0.25) is 5.02 Å². The average molecular weight is 451 g/mol. The van der Waals surface area contributed by atoms with Crippen LogP contribution in [0, 0.1) is 5.82 Å². The Balaban J connectivity index is 1.52. The molecule has 31 heavy (non-hydrogen) atoms. The van der Waals surface area contributed by atoms with Crippen LogP contribution >= 0.6 is 11.6 Å². The smallest absolute Gasteiger partial charge is 0.186 e. The van der Waals surface area contributed by atoms with Crippen molar-refractivity contribution in [2.45, 2.75) is 44.2 Å². The van der Waals surface area contributed by atoms with Gasteiger partial charge < -0.3 is 28.5 Å². The van der Waals surface area contributed by atoms with Gasteiger partial charge in [-0.3, -0.25) is 0 Å². The molecule has 6 nitrogen and oxygen atoms in total. The number of ether oxygens (including phenoxy) is 4. The highest BCUT2D eigenvalue weighted by Gasteiger charge is 2.46. The fourth-order valence-electron chi connectivity index (χ4n) is 3.82. The second-order valence-corrected chi connectivity index (χ2v) is 7.71. The summed E-state index contributed by atoms with van der Waals surface area (Å²) in [5.74, 6) is -0.343. The van der Waals surface area contributed by atoms with Crippen molar-refractivity contribution in [3.05, 3.63) is 70.7 Å². The summed E-state index contributed by atoms with van der Waals surface area (Å²) in [6, 6.07) is 11.9. The maximum atomic E-state index is 14.0. The predicted octanol–water partition coefficient (Wildman–Crippen LogP) is 4.45. The second kappa shape index (κ2) is 10.1. The molecule has 0 bridgehead atoms. The summed E-state index contributed by atoms with van der Waals surface area (Å²) in [7, 11) is 1.52. The summed E-state index contributed by atoms with van der Waals surface area (Å²) in [6.45, 7) is 0.207. The number of halogens is 2. The maximum Gasteiger partial charge on any atom is 0.186 e. The molecule has 4 rings (SSSR count). The van der Waals surface area contributed by atoms with Crippen LogP contribution in [0.1, 0.15) is 17.5 Å². The van der Waals surface area contributed by atoms with Crippen LogP contribution in [-0.2, 0) is 32.2 Å². The van der Waals surface area contributed by atoms with Crippen LogP contribution in [0.3, 0.4) is 0 Å². The Bertz CT molecular complexity index is 1010. The third kappa shape index (κ3) is 4.77. The first-order valence-electron chi connectivity index (χ1n) is 10.0. The molecule has 0 spiro atoms. The minimum atomic E-state index is -0.686. The molecule has 1 aromatic heterocycles. The van der Waals surface area contributed by atoms with Gasteiger partial charge in [0.15, 0.2) is 11.9 Å². The molecule has 1 aliphatic rings.